The number of rotatable bonds is 4. The lowest BCUT2D eigenvalue weighted by Crippen LogP contribution is -2.05. The molecule has 5 heteroatoms. The van der Waals surface area contributed by atoms with Crippen molar-refractivity contribution in [3.05, 3.63) is 59.2 Å². The fourth-order valence-corrected chi connectivity index (χ4v) is 2.21. The largest absolute Gasteiger partial charge is 0.330 e. The summed E-state index contributed by atoms with van der Waals surface area (Å²) in [6, 6.07) is 6.04. The van der Waals surface area contributed by atoms with Gasteiger partial charge in [-0.05, 0) is 48.7 Å². The summed E-state index contributed by atoms with van der Waals surface area (Å²) in [6.07, 6.45) is 0.686. The van der Waals surface area contributed by atoms with Gasteiger partial charge in [0, 0.05) is 11.1 Å². The van der Waals surface area contributed by atoms with Crippen molar-refractivity contribution in [2.24, 2.45) is 5.73 Å². The normalized spacial score (nSPS) is 12.5. The summed E-state index contributed by atoms with van der Waals surface area (Å²) in [4.78, 5) is 0. The third kappa shape index (κ3) is 3.08. The van der Waals surface area contributed by atoms with Gasteiger partial charge in [0.2, 0.25) is 0 Å². The Kier molecular flexibility index (Phi) is 4.63. The van der Waals surface area contributed by atoms with Gasteiger partial charge in [0.25, 0.3) is 0 Å². The quantitative estimate of drug-likeness (QED) is 0.658. The Labute approximate surface area is 120 Å². The molecule has 0 aliphatic carbocycles. The van der Waals surface area contributed by atoms with Crippen LogP contribution in [0.15, 0.2) is 30.3 Å². The molecule has 2 rings (SSSR count). The average molecular weight is 297 g/mol. The third-order valence-electron chi connectivity index (χ3n) is 3.48. The molecule has 0 saturated carbocycles. The van der Waals surface area contributed by atoms with Crippen LogP contribution in [-0.4, -0.2) is 6.54 Å². The van der Waals surface area contributed by atoms with Crippen LogP contribution in [0.2, 0.25) is 0 Å². The maximum atomic E-state index is 13.9. The van der Waals surface area contributed by atoms with E-state index >= 15 is 0 Å². The lowest BCUT2D eigenvalue weighted by molar-refractivity contribution is 0.448. The second kappa shape index (κ2) is 6.26. The summed E-state index contributed by atoms with van der Waals surface area (Å²) in [5.74, 6) is -4.93. The van der Waals surface area contributed by atoms with E-state index in [1.807, 2.05) is 6.92 Å². The number of benzene rings is 2. The van der Waals surface area contributed by atoms with Gasteiger partial charge in [-0.3, -0.25) is 0 Å². The van der Waals surface area contributed by atoms with E-state index in [1.165, 1.54) is 12.1 Å². The van der Waals surface area contributed by atoms with E-state index in [2.05, 4.69) is 0 Å². The third-order valence-corrected chi connectivity index (χ3v) is 3.48. The van der Waals surface area contributed by atoms with Gasteiger partial charge in [0.15, 0.2) is 17.5 Å². The minimum Gasteiger partial charge on any atom is -0.330 e. The van der Waals surface area contributed by atoms with Crippen molar-refractivity contribution in [1.29, 1.82) is 0 Å². The Morgan fingerprint density at radius 2 is 1.57 bits per heavy atom. The topological polar surface area (TPSA) is 26.0 Å². The molecular formula is C16H15F4N. The molecule has 0 amide bonds. The van der Waals surface area contributed by atoms with Crippen molar-refractivity contribution >= 4 is 0 Å². The van der Waals surface area contributed by atoms with E-state index in [0.717, 1.165) is 17.7 Å². The van der Waals surface area contributed by atoms with Crippen LogP contribution in [0.5, 0.6) is 0 Å². The number of halogens is 4. The molecule has 0 fully saturated rings. The van der Waals surface area contributed by atoms with Crippen LogP contribution < -0.4 is 5.73 Å². The highest BCUT2D eigenvalue weighted by atomic mass is 19.2. The number of hydrogen-bond acceptors (Lipinski definition) is 1. The van der Waals surface area contributed by atoms with E-state index in [0.29, 0.717) is 13.0 Å². The summed E-state index contributed by atoms with van der Waals surface area (Å²) < 4.78 is 54.0. The predicted octanol–water partition coefficient (Wildman–Crippen LogP) is 4.36. The highest BCUT2D eigenvalue weighted by Crippen LogP contribution is 2.31. The molecule has 0 radical (unpaired) electrons. The van der Waals surface area contributed by atoms with Crippen molar-refractivity contribution in [2.45, 2.75) is 19.3 Å². The molecule has 2 aromatic carbocycles. The molecule has 2 aromatic rings. The zero-order valence-electron chi connectivity index (χ0n) is 11.5. The first kappa shape index (κ1) is 15.5. The van der Waals surface area contributed by atoms with Crippen molar-refractivity contribution in [3.8, 4) is 11.1 Å². The molecule has 1 atom stereocenters. The molecule has 0 bridgehead atoms. The lowest BCUT2D eigenvalue weighted by Gasteiger charge is -2.13. The Morgan fingerprint density at radius 1 is 0.905 bits per heavy atom. The van der Waals surface area contributed by atoms with E-state index in [4.69, 9.17) is 5.73 Å². The van der Waals surface area contributed by atoms with Gasteiger partial charge in [0.05, 0.1) is 0 Å². The Balaban J connectivity index is 2.53. The summed E-state index contributed by atoms with van der Waals surface area (Å²) in [5.41, 5.74) is 5.86. The van der Waals surface area contributed by atoms with Gasteiger partial charge in [0.1, 0.15) is 5.82 Å². The minimum atomic E-state index is -1.60. The van der Waals surface area contributed by atoms with Crippen LogP contribution in [-0.2, 0) is 0 Å². The summed E-state index contributed by atoms with van der Waals surface area (Å²) in [5, 5.41) is 0. The van der Waals surface area contributed by atoms with Crippen molar-refractivity contribution in [2.75, 3.05) is 6.54 Å². The molecule has 1 nitrogen and oxygen atoms in total. The summed E-state index contributed by atoms with van der Waals surface area (Å²) in [7, 11) is 0. The van der Waals surface area contributed by atoms with Crippen LogP contribution in [0, 0.1) is 23.3 Å². The highest BCUT2D eigenvalue weighted by Gasteiger charge is 2.18. The second-order valence-corrected chi connectivity index (χ2v) is 4.94. The zero-order valence-corrected chi connectivity index (χ0v) is 11.5. The van der Waals surface area contributed by atoms with Crippen LogP contribution in [0.4, 0.5) is 17.6 Å². The molecule has 1 unspecified atom stereocenters. The van der Waals surface area contributed by atoms with Crippen LogP contribution in [0.3, 0.4) is 0 Å². The standard InChI is InChI=1S/C16H15F4N/c1-9(6-7-21)10-2-4-13(17)12(8-10)11-3-5-14(18)16(20)15(11)19/h2-5,8-9H,6-7,21H2,1H3. The van der Waals surface area contributed by atoms with E-state index in [1.54, 1.807) is 6.07 Å². The average Bonchev–Trinajstić information content (AvgIpc) is 2.46. The van der Waals surface area contributed by atoms with Crippen LogP contribution >= 0.6 is 0 Å². The molecule has 2 N–H and O–H groups in total. The Hall–Kier alpha value is -1.88. The molecule has 112 valence electrons. The predicted molar refractivity (Wildman–Crippen MR) is 73.8 cm³/mol. The van der Waals surface area contributed by atoms with E-state index in [9.17, 15) is 17.6 Å². The Bertz CT molecular complexity index is 655. The van der Waals surface area contributed by atoms with Gasteiger partial charge in [-0.25, -0.2) is 17.6 Å². The van der Waals surface area contributed by atoms with Gasteiger partial charge < -0.3 is 5.73 Å². The first-order valence-electron chi connectivity index (χ1n) is 6.59. The lowest BCUT2D eigenvalue weighted by atomic mass is 9.93. The first-order valence-corrected chi connectivity index (χ1v) is 6.59. The number of nitrogens with two attached hydrogens (primary N) is 1. The second-order valence-electron chi connectivity index (χ2n) is 4.94. The molecule has 21 heavy (non-hydrogen) atoms. The maximum absolute atomic E-state index is 13.9. The fraction of sp³-hybridized carbons (Fsp3) is 0.250. The van der Waals surface area contributed by atoms with Crippen molar-refractivity contribution in [1.82, 2.24) is 0 Å². The van der Waals surface area contributed by atoms with Gasteiger partial charge >= 0.3 is 0 Å². The van der Waals surface area contributed by atoms with E-state index < -0.39 is 23.3 Å². The molecule has 0 spiro atoms. The molecule has 0 aromatic heterocycles. The SMILES string of the molecule is CC(CCN)c1ccc(F)c(-c2ccc(F)c(F)c2F)c1. The highest BCUT2D eigenvalue weighted by molar-refractivity contribution is 5.66. The van der Waals surface area contributed by atoms with Crippen molar-refractivity contribution in [3.63, 3.8) is 0 Å². The fourth-order valence-electron chi connectivity index (χ4n) is 2.21. The summed E-state index contributed by atoms with van der Waals surface area (Å²) >= 11 is 0. The number of hydrogen-bond donors (Lipinski definition) is 1. The monoisotopic (exact) mass is 297 g/mol. The minimum absolute atomic E-state index is 0.0581. The maximum Gasteiger partial charge on any atom is 0.195 e. The Morgan fingerprint density at radius 3 is 2.24 bits per heavy atom. The van der Waals surface area contributed by atoms with Crippen LogP contribution in [0.25, 0.3) is 11.1 Å². The molecule has 0 heterocycles. The van der Waals surface area contributed by atoms with Gasteiger partial charge in [-0.2, -0.15) is 0 Å². The smallest absolute Gasteiger partial charge is 0.195 e. The molecule has 0 aliphatic rings. The molecular weight excluding hydrogens is 282 g/mol. The van der Waals surface area contributed by atoms with E-state index in [-0.39, 0.29) is 17.0 Å². The van der Waals surface area contributed by atoms with Crippen molar-refractivity contribution < 1.29 is 17.6 Å². The first-order chi connectivity index (χ1) is 9.95. The molecule has 0 saturated heterocycles. The van der Waals surface area contributed by atoms with Crippen LogP contribution in [0.1, 0.15) is 24.8 Å². The van der Waals surface area contributed by atoms with Gasteiger partial charge in [-0.1, -0.05) is 13.0 Å². The molecule has 0 aliphatic heterocycles. The zero-order chi connectivity index (χ0) is 15.6. The van der Waals surface area contributed by atoms with Gasteiger partial charge in [-0.15, -0.1) is 0 Å². The summed E-state index contributed by atoms with van der Waals surface area (Å²) in [6.45, 7) is 2.37.